The molecule has 0 aliphatic carbocycles. The van der Waals surface area contributed by atoms with E-state index in [0.717, 1.165) is 30.8 Å². The molecule has 222 valence electrons. The fourth-order valence-corrected chi connectivity index (χ4v) is 6.38. The summed E-state index contributed by atoms with van der Waals surface area (Å²) in [5.41, 5.74) is 3.55. The van der Waals surface area contributed by atoms with Crippen molar-refractivity contribution in [1.82, 2.24) is 9.80 Å². The van der Waals surface area contributed by atoms with Crippen molar-refractivity contribution in [2.75, 3.05) is 43.6 Å². The molecule has 0 N–H and O–H groups in total. The SMILES string of the molecule is Cc1ccc(S(=O)(=O)N(Cc2ccccc2)c2ccc(OCC(=O)N3CCN(C/C=C/c4ccccc4)CC3)cc2)cc1. The van der Waals surface area contributed by atoms with Crippen molar-refractivity contribution in [3.63, 3.8) is 0 Å². The van der Waals surface area contributed by atoms with Gasteiger partial charge in [0.05, 0.1) is 17.1 Å². The fraction of sp³-hybridized carbons (Fsp3) is 0.229. The van der Waals surface area contributed by atoms with Crippen molar-refractivity contribution in [3.05, 3.63) is 132 Å². The van der Waals surface area contributed by atoms with Crippen LogP contribution in [0.5, 0.6) is 5.75 Å². The molecule has 0 aromatic heterocycles. The van der Waals surface area contributed by atoms with Crippen LogP contribution in [0, 0.1) is 6.92 Å². The zero-order valence-corrected chi connectivity index (χ0v) is 25.2. The molecule has 5 rings (SSSR count). The average Bonchev–Trinajstić information content (AvgIpc) is 3.04. The van der Waals surface area contributed by atoms with Crippen LogP contribution in [-0.4, -0.2) is 63.5 Å². The number of piperazine rings is 1. The molecule has 1 fully saturated rings. The van der Waals surface area contributed by atoms with Gasteiger partial charge in [-0.2, -0.15) is 0 Å². The monoisotopic (exact) mass is 595 g/mol. The highest BCUT2D eigenvalue weighted by Gasteiger charge is 2.26. The van der Waals surface area contributed by atoms with Gasteiger partial charge in [-0.05, 0) is 54.4 Å². The molecular formula is C35H37N3O4S. The van der Waals surface area contributed by atoms with Gasteiger partial charge in [0, 0.05) is 32.7 Å². The Morgan fingerprint density at radius 2 is 1.44 bits per heavy atom. The van der Waals surface area contributed by atoms with Crippen LogP contribution in [0.1, 0.15) is 16.7 Å². The molecule has 0 saturated carbocycles. The van der Waals surface area contributed by atoms with Crippen LogP contribution in [-0.2, 0) is 21.4 Å². The summed E-state index contributed by atoms with van der Waals surface area (Å²) in [5, 5.41) is 0. The number of rotatable bonds is 11. The van der Waals surface area contributed by atoms with Crippen molar-refractivity contribution in [2.45, 2.75) is 18.4 Å². The number of amides is 1. The van der Waals surface area contributed by atoms with Gasteiger partial charge in [-0.3, -0.25) is 14.0 Å². The van der Waals surface area contributed by atoms with Crippen LogP contribution in [0.3, 0.4) is 0 Å². The highest BCUT2D eigenvalue weighted by atomic mass is 32.2. The summed E-state index contributed by atoms with van der Waals surface area (Å²) < 4.78 is 34.6. The molecule has 1 aliphatic rings. The van der Waals surface area contributed by atoms with E-state index in [1.165, 1.54) is 9.87 Å². The molecule has 7 nitrogen and oxygen atoms in total. The van der Waals surface area contributed by atoms with Gasteiger partial charge in [-0.15, -0.1) is 0 Å². The lowest BCUT2D eigenvalue weighted by Crippen LogP contribution is -2.49. The molecule has 1 amide bonds. The number of carbonyl (C=O) groups excluding carboxylic acids is 1. The molecule has 1 aliphatic heterocycles. The van der Waals surface area contributed by atoms with Gasteiger partial charge < -0.3 is 9.64 Å². The highest BCUT2D eigenvalue weighted by Crippen LogP contribution is 2.28. The molecule has 0 radical (unpaired) electrons. The third-order valence-electron chi connectivity index (χ3n) is 7.46. The van der Waals surface area contributed by atoms with E-state index in [1.54, 1.807) is 48.5 Å². The lowest BCUT2D eigenvalue weighted by Gasteiger charge is -2.34. The molecule has 4 aromatic rings. The Labute approximate surface area is 254 Å². The predicted octanol–water partition coefficient (Wildman–Crippen LogP) is 5.63. The predicted molar refractivity (Wildman–Crippen MR) is 171 cm³/mol. The number of anilines is 1. The van der Waals surface area contributed by atoms with E-state index in [2.05, 4.69) is 29.2 Å². The summed E-state index contributed by atoms with van der Waals surface area (Å²) >= 11 is 0. The van der Waals surface area contributed by atoms with Gasteiger partial charge in [-0.25, -0.2) is 8.42 Å². The van der Waals surface area contributed by atoms with Gasteiger partial charge in [0.1, 0.15) is 5.75 Å². The molecule has 0 bridgehead atoms. The Bertz CT molecular complexity index is 1600. The number of sulfonamides is 1. The second-order valence-electron chi connectivity index (χ2n) is 10.6. The summed E-state index contributed by atoms with van der Waals surface area (Å²) in [4.78, 5) is 17.2. The molecule has 1 heterocycles. The second-order valence-corrected chi connectivity index (χ2v) is 12.4. The topological polar surface area (TPSA) is 70.2 Å². The molecule has 4 aromatic carbocycles. The lowest BCUT2D eigenvalue weighted by molar-refractivity contribution is -0.135. The first-order valence-corrected chi connectivity index (χ1v) is 15.9. The third-order valence-corrected chi connectivity index (χ3v) is 9.25. The largest absolute Gasteiger partial charge is 0.484 e. The third kappa shape index (κ3) is 8.12. The van der Waals surface area contributed by atoms with Crippen LogP contribution >= 0.6 is 0 Å². The summed E-state index contributed by atoms with van der Waals surface area (Å²) in [6.45, 7) is 5.83. The van der Waals surface area contributed by atoms with E-state index in [-0.39, 0.29) is 24.0 Å². The zero-order valence-electron chi connectivity index (χ0n) is 24.4. The van der Waals surface area contributed by atoms with E-state index in [1.807, 2.05) is 60.4 Å². The smallest absolute Gasteiger partial charge is 0.264 e. The van der Waals surface area contributed by atoms with Crippen LogP contribution in [0.25, 0.3) is 6.08 Å². The highest BCUT2D eigenvalue weighted by molar-refractivity contribution is 7.92. The van der Waals surface area contributed by atoms with E-state index >= 15 is 0 Å². The summed E-state index contributed by atoms with van der Waals surface area (Å²) in [5.74, 6) is 0.449. The van der Waals surface area contributed by atoms with Crippen LogP contribution < -0.4 is 9.04 Å². The first-order valence-electron chi connectivity index (χ1n) is 14.5. The summed E-state index contributed by atoms with van der Waals surface area (Å²) in [7, 11) is -3.82. The minimum absolute atomic E-state index is 0.0591. The minimum atomic E-state index is -3.82. The minimum Gasteiger partial charge on any atom is -0.484 e. The standard InChI is InChI=1S/C35H37N3O4S/c1-29-14-20-34(21-15-29)43(40,41)38(27-31-11-6-3-7-12-31)32-16-18-33(19-17-32)42-28-35(39)37-25-23-36(24-26-37)22-8-13-30-9-4-2-5-10-30/h2-21H,22-28H2,1H3/b13-8+. The van der Waals surface area contributed by atoms with Crippen molar-refractivity contribution >= 4 is 27.7 Å². The van der Waals surface area contributed by atoms with E-state index < -0.39 is 10.0 Å². The first kappa shape index (κ1) is 30.1. The van der Waals surface area contributed by atoms with Crippen molar-refractivity contribution < 1.29 is 17.9 Å². The first-order chi connectivity index (χ1) is 20.9. The van der Waals surface area contributed by atoms with Crippen molar-refractivity contribution in [1.29, 1.82) is 0 Å². The quantitative estimate of drug-likeness (QED) is 0.225. The molecule has 0 atom stereocenters. The zero-order chi connectivity index (χ0) is 30.1. The van der Waals surface area contributed by atoms with E-state index in [9.17, 15) is 13.2 Å². The van der Waals surface area contributed by atoms with Gasteiger partial charge in [0.25, 0.3) is 15.9 Å². The Hall–Kier alpha value is -4.40. The van der Waals surface area contributed by atoms with Gasteiger partial charge in [-0.1, -0.05) is 90.5 Å². The number of hydrogen-bond donors (Lipinski definition) is 0. The second kappa shape index (κ2) is 14.2. The molecule has 1 saturated heterocycles. The summed E-state index contributed by atoms with van der Waals surface area (Å²) in [6, 6.07) is 33.4. The van der Waals surface area contributed by atoms with E-state index in [0.29, 0.717) is 24.5 Å². The molecule has 0 spiro atoms. The Morgan fingerprint density at radius 1 is 0.814 bits per heavy atom. The lowest BCUT2D eigenvalue weighted by atomic mass is 10.2. The van der Waals surface area contributed by atoms with Crippen molar-refractivity contribution in [3.8, 4) is 5.75 Å². The van der Waals surface area contributed by atoms with Gasteiger partial charge in [0.15, 0.2) is 6.61 Å². The Morgan fingerprint density at radius 3 is 2.09 bits per heavy atom. The normalized spacial score (nSPS) is 14.1. The van der Waals surface area contributed by atoms with Crippen LogP contribution in [0.2, 0.25) is 0 Å². The maximum absolute atomic E-state index is 13.7. The maximum atomic E-state index is 13.7. The molecular weight excluding hydrogens is 558 g/mol. The number of nitrogens with zero attached hydrogens (tertiary/aromatic N) is 3. The molecule has 0 unspecified atom stereocenters. The van der Waals surface area contributed by atoms with Crippen LogP contribution in [0.15, 0.2) is 120 Å². The van der Waals surface area contributed by atoms with Crippen LogP contribution in [0.4, 0.5) is 5.69 Å². The maximum Gasteiger partial charge on any atom is 0.264 e. The Balaban J connectivity index is 1.17. The number of ether oxygens (including phenoxy) is 1. The van der Waals surface area contributed by atoms with E-state index in [4.69, 9.17) is 4.74 Å². The van der Waals surface area contributed by atoms with Gasteiger partial charge in [0.2, 0.25) is 0 Å². The number of hydrogen-bond acceptors (Lipinski definition) is 5. The summed E-state index contributed by atoms with van der Waals surface area (Å²) in [6.07, 6.45) is 4.28. The molecule has 8 heteroatoms. The number of aryl methyl sites for hydroxylation is 1. The number of carbonyl (C=O) groups is 1. The average molecular weight is 596 g/mol. The van der Waals surface area contributed by atoms with Crippen molar-refractivity contribution in [2.24, 2.45) is 0 Å². The number of benzene rings is 4. The van der Waals surface area contributed by atoms with Gasteiger partial charge >= 0.3 is 0 Å². The Kier molecular flexibility index (Phi) is 9.92. The fourth-order valence-electron chi connectivity index (χ4n) is 4.93. The molecule has 43 heavy (non-hydrogen) atoms.